The molecule has 1 aliphatic rings. The van der Waals surface area contributed by atoms with E-state index in [2.05, 4.69) is 5.32 Å². The Morgan fingerprint density at radius 2 is 1.86 bits per heavy atom. The zero-order chi connectivity index (χ0) is 25.2. The van der Waals surface area contributed by atoms with Gasteiger partial charge < -0.3 is 13.9 Å². The number of carbonyl (C=O) groups excluding carboxylic acids is 2. The number of amides is 2. The second-order valence-electron chi connectivity index (χ2n) is 7.73. The molecule has 2 amide bonds. The van der Waals surface area contributed by atoms with Crippen LogP contribution in [0.2, 0.25) is 0 Å². The standard InChI is InChI=1S/C26H18FNO6S2/c1-14(24-25(30)28-26(31)36-24)15-4-2-5-17(12-15)32-9-10-33-23-21(29)18-13-16(27)7-8-19(18)34-22(23)20-6-3-11-35-20/h2-8,11-13H,9-10H2,1H3,(H,28,30,31)/b24-14-. The van der Waals surface area contributed by atoms with Gasteiger partial charge in [0.25, 0.3) is 11.1 Å². The van der Waals surface area contributed by atoms with Crippen LogP contribution in [0.3, 0.4) is 0 Å². The molecule has 0 spiro atoms. The van der Waals surface area contributed by atoms with Crippen molar-refractivity contribution in [2.75, 3.05) is 13.2 Å². The van der Waals surface area contributed by atoms with Crippen LogP contribution in [0.1, 0.15) is 12.5 Å². The first-order valence-corrected chi connectivity index (χ1v) is 12.5. The second-order valence-corrected chi connectivity index (χ2v) is 9.66. The fraction of sp³-hybridized carbons (Fsp3) is 0.115. The van der Waals surface area contributed by atoms with E-state index in [1.807, 2.05) is 17.5 Å². The Balaban J connectivity index is 1.33. The number of hydrogen-bond donors (Lipinski definition) is 1. The maximum absolute atomic E-state index is 13.8. The van der Waals surface area contributed by atoms with E-state index in [1.54, 1.807) is 31.2 Å². The van der Waals surface area contributed by atoms with Gasteiger partial charge in [-0.3, -0.25) is 19.7 Å². The van der Waals surface area contributed by atoms with Crippen molar-refractivity contribution < 1.29 is 27.9 Å². The summed E-state index contributed by atoms with van der Waals surface area (Å²) < 4.78 is 31.3. The minimum absolute atomic E-state index is 0.0117. The summed E-state index contributed by atoms with van der Waals surface area (Å²) in [6, 6.07) is 14.5. The first-order valence-electron chi connectivity index (χ1n) is 10.8. The van der Waals surface area contributed by atoms with Crippen molar-refractivity contribution in [2.24, 2.45) is 0 Å². The molecule has 0 bridgehead atoms. The van der Waals surface area contributed by atoms with Crippen LogP contribution in [-0.2, 0) is 4.79 Å². The molecule has 0 unspecified atom stereocenters. The molecule has 0 atom stereocenters. The van der Waals surface area contributed by atoms with Gasteiger partial charge in [-0.15, -0.1) is 11.3 Å². The smallest absolute Gasteiger partial charge is 0.290 e. The number of rotatable bonds is 7. The fourth-order valence-corrected chi connectivity index (χ4v) is 5.11. The minimum Gasteiger partial charge on any atom is -0.490 e. The third-order valence-corrected chi connectivity index (χ3v) is 7.23. The minimum atomic E-state index is -0.545. The number of fused-ring (bicyclic) bond motifs is 1. The summed E-state index contributed by atoms with van der Waals surface area (Å²) in [6.45, 7) is 1.90. The third kappa shape index (κ3) is 4.77. The van der Waals surface area contributed by atoms with Gasteiger partial charge in [-0.2, -0.15) is 0 Å². The van der Waals surface area contributed by atoms with Crippen LogP contribution in [0.5, 0.6) is 11.5 Å². The van der Waals surface area contributed by atoms with Crippen LogP contribution in [0.15, 0.2) is 74.1 Å². The molecule has 36 heavy (non-hydrogen) atoms. The lowest BCUT2D eigenvalue weighted by atomic mass is 10.1. The highest BCUT2D eigenvalue weighted by Crippen LogP contribution is 2.34. The number of nitrogens with one attached hydrogen (secondary N) is 1. The molecule has 1 N–H and O–H groups in total. The largest absolute Gasteiger partial charge is 0.490 e. The summed E-state index contributed by atoms with van der Waals surface area (Å²) in [5.41, 5.74) is 1.19. The molecule has 0 saturated carbocycles. The lowest BCUT2D eigenvalue weighted by Gasteiger charge is -2.12. The van der Waals surface area contributed by atoms with Crippen LogP contribution in [-0.4, -0.2) is 24.4 Å². The lowest BCUT2D eigenvalue weighted by molar-refractivity contribution is -0.115. The molecule has 1 aliphatic heterocycles. The van der Waals surface area contributed by atoms with Gasteiger partial charge in [0.1, 0.15) is 30.4 Å². The number of benzene rings is 2. The Labute approximate surface area is 212 Å². The van der Waals surface area contributed by atoms with E-state index >= 15 is 0 Å². The van der Waals surface area contributed by atoms with Crippen LogP contribution in [0, 0.1) is 5.82 Å². The van der Waals surface area contributed by atoms with Crippen molar-refractivity contribution in [3.05, 3.63) is 86.5 Å². The van der Waals surface area contributed by atoms with E-state index < -0.39 is 22.4 Å². The second kappa shape index (κ2) is 10.00. The lowest BCUT2D eigenvalue weighted by Crippen LogP contribution is -2.18. The topological polar surface area (TPSA) is 94.8 Å². The van der Waals surface area contributed by atoms with Gasteiger partial charge in [0.15, 0.2) is 5.76 Å². The zero-order valence-electron chi connectivity index (χ0n) is 18.8. The molecule has 2 aromatic heterocycles. The normalized spacial score (nSPS) is 14.7. The van der Waals surface area contributed by atoms with Gasteiger partial charge >= 0.3 is 0 Å². The number of ether oxygens (including phenoxy) is 2. The number of hydrogen-bond acceptors (Lipinski definition) is 8. The van der Waals surface area contributed by atoms with Gasteiger partial charge in [0.2, 0.25) is 11.2 Å². The number of imide groups is 1. The highest BCUT2D eigenvalue weighted by atomic mass is 32.2. The first kappa shape index (κ1) is 23.8. The molecule has 3 heterocycles. The molecule has 1 fully saturated rings. The highest BCUT2D eigenvalue weighted by Gasteiger charge is 2.27. The average molecular weight is 524 g/mol. The summed E-state index contributed by atoms with van der Waals surface area (Å²) in [4.78, 5) is 37.6. The Morgan fingerprint density at radius 3 is 2.61 bits per heavy atom. The Bertz CT molecular complexity index is 1580. The Kier molecular flexibility index (Phi) is 6.62. The third-order valence-electron chi connectivity index (χ3n) is 5.38. The van der Waals surface area contributed by atoms with E-state index in [1.165, 1.54) is 23.5 Å². The van der Waals surface area contributed by atoms with Crippen LogP contribution >= 0.6 is 23.1 Å². The van der Waals surface area contributed by atoms with Crippen molar-refractivity contribution in [1.29, 1.82) is 0 Å². The van der Waals surface area contributed by atoms with Crippen molar-refractivity contribution >= 4 is 50.8 Å². The SMILES string of the molecule is C/C(=C1/SC(=O)NC1=O)c1cccc(OCCOc2c(-c3cccs3)oc3ccc(F)cc3c2=O)c1. The zero-order valence-corrected chi connectivity index (χ0v) is 20.5. The maximum atomic E-state index is 13.8. The molecule has 1 saturated heterocycles. The molecule has 4 aromatic rings. The molecule has 0 radical (unpaired) electrons. The Hall–Kier alpha value is -3.89. The molecular formula is C26H18FNO6S2. The first-order chi connectivity index (χ1) is 17.4. The van der Waals surface area contributed by atoms with Gasteiger partial charge in [0, 0.05) is 0 Å². The van der Waals surface area contributed by atoms with Gasteiger partial charge in [-0.05, 0) is 71.6 Å². The van der Waals surface area contributed by atoms with E-state index in [9.17, 15) is 18.8 Å². The molecular weight excluding hydrogens is 505 g/mol. The summed E-state index contributed by atoms with van der Waals surface area (Å²) in [7, 11) is 0. The quantitative estimate of drug-likeness (QED) is 0.240. The summed E-state index contributed by atoms with van der Waals surface area (Å²) >= 11 is 2.25. The summed E-state index contributed by atoms with van der Waals surface area (Å²) in [5, 5.41) is 3.79. The van der Waals surface area contributed by atoms with Gasteiger partial charge in [-0.25, -0.2) is 4.39 Å². The molecule has 2 aromatic carbocycles. The van der Waals surface area contributed by atoms with E-state index in [-0.39, 0.29) is 35.7 Å². The number of thiophene rings is 1. The van der Waals surface area contributed by atoms with Crippen molar-refractivity contribution in [1.82, 2.24) is 5.32 Å². The van der Waals surface area contributed by atoms with E-state index in [0.717, 1.165) is 23.4 Å². The molecule has 7 nitrogen and oxygen atoms in total. The number of thioether (sulfide) groups is 1. The molecule has 182 valence electrons. The average Bonchev–Trinajstić information content (AvgIpc) is 3.52. The molecule has 10 heteroatoms. The van der Waals surface area contributed by atoms with Crippen LogP contribution in [0.4, 0.5) is 9.18 Å². The van der Waals surface area contributed by atoms with Crippen molar-refractivity contribution in [3.8, 4) is 22.1 Å². The van der Waals surface area contributed by atoms with Crippen molar-refractivity contribution in [3.63, 3.8) is 0 Å². The molecule has 0 aliphatic carbocycles. The number of halogens is 1. The van der Waals surface area contributed by atoms with Crippen LogP contribution < -0.4 is 20.2 Å². The highest BCUT2D eigenvalue weighted by molar-refractivity contribution is 8.18. The number of allylic oxidation sites excluding steroid dienone is 1. The van der Waals surface area contributed by atoms with Gasteiger partial charge in [0.05, 0.1) is 15.2 Å². The number of carbonyl (C=O) groups is 2. The van der Waals surface area contributed by atoms with Crippen LogP contribution in [0.25, 0.3) is 27.2 Å². The molecule has 5 rings (SSSR count). The summed E-state index contributed by atoms with van der Waals surface area (Å²) in [5.74, 6) is -0.173. The van der Waals surface area contributed by atoms with Crippen molar-refractivity contribution in [2.45, 2.75) is 6.92 Å². The predicted molar refractivity (Wildman–Crippen MR) is 137 cm³/mol. The van der Waals surface area contributed by atoms with Gasteiger partial charge in [-0.1, -0.05) is 18.2 Å². The monoisotopic (exact) mass is 523 g/mol. The summed E-state index contributed by atoms with van der Waals surface area (Å²) in [6.07, 6.45) is 0. The maximum Gasteiger partial charge on any atom is 0.290 e. The fourth-order valence-electron chi connectivity index (χ4n) is 3.67. The van der Waals surface area contributed by atoms with E-state index in [0.29, 0.717) is 21.1 Å². The Morgan fingerprint density at radius 1 is 1.03 bits per heavy atom. The predicted octanol–water partition coefficient (Wildman–Crippen LogP) is 5.83. The van der Waals surface area contributed by atoms with E-state index in [4.69, 9.17) is 13.9 Å².